The van der Waals surface area contributed by atoms with Crippen LogP contribution < -0.4 is 5.32 Å². The molecule has 3 rings (SSSR count). The SMILES string of the molecule is CC(C)n1ncnc1CN1CCC(C2CCCN2)CC1. The summed E-state index contributed by atoms with van der Waals surface area (Å²) >= 11 is 0. The summed E-state index contributed by atoms with van der Waals surface area (Å²) in [5.41, 5.74) is 0. The first kappa shape index (κ1) is 14.0. The highest BCUT2D eigenvalue weighted by Crippen LogP contribution is 2.26. The van der Waals surface area contributed by atoms with Crippen molar-refractivity contribution in [3.05, 3.63) is 12.2 Å². The first-order valence-corrected chi connectivity index (χ1v) is 8.08. The third kappa shape index (κ3) is 3.04. The van der Waals surface area contributed by atoms with Gasteiger partial charge in [-0.2, -0.15) is 5.10 Å². The lowest BCUT2D eigenvalue weighted by atomic mass is 9.88. The fourth-order valence-corrected chi connectivity index (χ4v) is 3.65. The van der Waals surface area contributed by atoms with Gasteiger partial charge in [0.2, 0.25) is 0 Å². The number of nitrogens with zero attached hydrogens (tertiary/aromatic N) is 4. The van der Waals surface area contributed by atoms with Gasteiger partial charge in [-0.1, -0.05) is 0 Å². The smallest absolute Gasteiger partial charge is 0.141 e. The first-order chi connectivity index (χ1) is 9.74. The molecule has 0 saturated carbocycles. The summed E-state index contributed by atoms with van der Waals surface area (Å²) in [6, 6.07) is 1.18. The molecule has 0 bridgehead atoms. The van der Waals surface area contributed by atoms with Crippen LogP contribution in [-0.4, -0.2) is 45.3 Å². The highest BCUT2D eigenvalue weighted by Gasteiger charge is 2.28. The second-order valence-corrected chi connectivity index (χ2v) is 6.53. The molecule has 0 aliphatic carbocycles. The Morgan fingerprint density at radius 2 is 2.10 bits per heavy atom. The van der Waals surface area contributed by atoms with E-state index in [1.54, 1.807) is 6.33 Å². The predicted molar refractivity (Wildman–Crippen MR) is 79.4 cm³/mol. The van der Waals surface area contributed by atoms with Gasteiger partial charge in [0.05, 0.1) is 6.54 Å². The number of piperidine rings is 1. The Hall–Kier alpha value is -0.940. The molecule has 5 heteroatoms. The molecule has 2 saturated heterocycles. The van der Waals surface area contributed by atoms with Crippen LogP contribution in [0.3, 0.4) is 0 Å². The van der Waals surface area contributed by atoms with E-state index in [1.165, 1.54) is 45.3 Å². The number of likely N-dealkylation sites (tertiary alicyclic amines) is 1. The zero-order valence-electron chi connectivity index (χ0n) is 12.8. The van der Waals surface area contributed by atoms with E-state index < -0.39 is 0 Å². The summed E-state index contributed by atoms with van der Waals surface area (Å²) in [5, 5.41) is 7.99. The molecule has 2 aliphatic rings. The minimum Gasteiger partial charge on any atom is -0.314 e. The van der Waals surface area contributed by atoms with Crippen LogP contribution in [0.4, 0.5) is 0 Å². The summed E-state index contributed by atoms with van der Waals surface area (Å²) in [7, 11) is 0. The van der Waals surface area contributed by atoms with Crippen molar-refractivity contribution in [2.45, 2.75) is 58.2 Å². The lowest BCUT2D eigenvalue weighted by Gasteiger charge is -2.34. The van der Waals surface area contributed by atoms with E-state index in [1.807, 2.05) is 4.68 Å². The van der Waals surface area contributed by atoms with E-state index in [9.17, 15) is 0 Å². The highest BCUT2D eigenvalue weighted by atomic mass is 15.4. The summed E-state index contributed by atoms with van der Waals surface area (Å²) in [6.07, 6.45) is 7.08. The fourth-order valence-electron chi connectivity index (χ4n) is 3.65. The van der Waals surface area contributed by atoms with Crippen molar-refractivity contribution in [3.63, 3.8) is 0 Å². The average molecular weight is 277 g/mol. The third-order valence-electron chi connectivity index (χ3n) is 4.80. The van der Waals surface area contributed by atoms with Gasteiger partial charge < -0.3 is 5.32 Å². The molecule has 1 N–H and O–H groups in total. The summed E-state index contributed by atoms with van der Waals surface area (Å²) in [5.74, 6) is 1.99. The second kappa shape index (κ2) is 6.22. The van der Waals surface area contributed by atoms with Gasteiger partial charge in [-0.3, -0.25) is 4.90 Å². The molecule has 112 valence electrons. The molecule has 3 heterocycles. The maximum atomic E-state index is 4.43. The minimum atomic E-state index is 0.396. The van der Waals surface area contributed by atoms with Gasteiger partial charge in [-0.05, 0) is 65.1 Å². The minimum absolute atomic E-state index is 0.396. The van der Waals surface area contributed by atoms with Crippen molar-refractivity contribution in [1.29, 1.82) is 0 Å². The van der Waals surface area contributed by atoms with Crippen LogP contribution in [0.5, 0.6) is 0 Å². The zero-order valence-corrected chi connectivity index (χ0v) is 12.8. The normalized spacial score (nSPS) is 25.6. The molecule has 2 fully saturated rings. The van der Waals surface area contributed by atoms with Crippen molar-refractivity contribution in [2.24, 2.45) is 5.92 Å². The van der Waals surface area contributed by atoms with Crippen LogP contribution in [0.15, 0.2) is 6.33 Å². The Morgan fingerprint density at radius 3 is 2.75 bits per heavy atom. The molecular weight excluding hydrogens is 250 g/mol. The van der Waals surface area contributed by atoms with Gasteiger partial charge in [0.1, 0.15) is 12.2 Å². The molecule has 1 aromatic rings. The predicted octanol–water partition coefficient (Wildman–Crippen LogP) is 1.82. The monoisotopic (exact) mass is 277 g/mol. The number of aromatic nitrogens is 3. The Balaban J connectivity index is 1.52. The molecule has 1 unspecified atom stereocenters. The molecular formula is C15H27N5. The maximum Gasteiger partial charge on any atom is 0.141 e. The Labute approximate surface area is 121 Å². The maximum absolute atomic E-state index is 4.43. The molecule has 0 amide bonds. The quantitative estimate of drug-likeness (QED) is 0.912. The Bertz CT molecular complexity index is 414. The zero-order chi connectivity index (χ0) is 13.9. The third-order valence-corrected chi connectivity index (χ3v) is 4.80. The van der Waals surface area contributed by atoms with Crippen LogP contribution in [-0.2, 0) is 6.54 Å². The van der Waals surface area contributed by atoms with Crippen LogP contribution in [0, 0.1) is 5.92 Å². The van der Waals surface area contributed by atoms with Crippen molar-refractivity contribution in [3.8, 4) is 0 Å². The number of hydrogen-bond acceptors (Lipinski definition) is 4. The van der Waals surface area contributed by atoms with Gasteiger partial charge in [0.25, 0.3) is 0 Å². The van der Waals surface area contributed by atoms with Gasteiger partial charge in [0.15, 0.2) is 0 Å². The van der Waals surface area contributed by atoms with Crippen LogP contribution in [0.25, 0.3) is 0 Å². The number of nitrogens with one attached hydrogen (secondary N) is 1. The summed E-state index contributed by atoms with van der Waals surface area (Å²) in [4.78, 5) is 6.96. The van der Waals surface area contributed by atoms with E-state index in [-0.39, 0.29) is 0 Å². The highest BCUT2D eigenvalue weighted by molar-refractivity contribution is 4.90. The van der Waals surface area contributed by atoms with E-state index in [4.69, 9.17) is 0 Å². The van der Waals surface area contributed by atoms with Gasteiger partial charge >= 0.3 is 0 Å². The lowest BCUT2D eigenvalue weighted by Crippen LogP contribution is -2.40. The standard InChI is InChI=1S/C15H27N5/c1-12(2)20-15(17-11-18-20)10-19-8-5-13(6-9-19)14-4-3-7-16-14/h11-14,16H,3-10H2,1-2H3. The van der Waals surface area contributed by atoms with E-state index in [0.717, 1.165) is 24.3 Å². The van der Waals surface area contributed by atoms with E-state index in [2.05, 4.69) is 34.1 Å². The molecule has 0 aromatic carbocycles. The molecule has 2 aliphatic heterocycles. The van der Waals surface area contributed by atoms with Crippen molar-refractivity contribution >= 4 is 0 Å². The largest absolute Gasteiger partial charge is 0.314 e. The fraction of sp³-hybridized carbons (Fsp3) is 0.867. The number of rotatable bonds is 4. The molecule has 1 atom stereocenters. The van der Waals surface area contributed by atoms with Gasteiger partial charge in [0, 0.05) is 12.1 Å². The van der Waals surface area contributed by atoms with Crippen molar-refractivity contribution in [1.82, 2.24) is 25.0 Å². The molecule has 0 radical (unpaired) electrons. The van der Waals surface area contributed by atoms with Crippen molar-refractivity contribution < 1.29 is 0 Å². The molecule has 5 nitrogen and oxygen atoms in total. The summed E-state index contributed by atoms with van der Waals surface area (Å²) in [6.45, 7) is 8.90. The Kier molecular flexibility index (Phi) is 4.36. The second-order valence-electron chi connectivity index (χ2n) is 6.53. The number of hydrogen-bond donors (Lipinski definition) is 1. The van der Waals surface area contributed by atoms with Gasteiger partial charge in [-0.25, -0.2) is 9.67 Å². The first-order valence-electron chi connectivity index (χ1n) is 8.08. The molecule has 20 heavy (non-hydrogen) atoms. The lowest BCUT2D eigenvalue weighted by molar-refractivity contribution is 0.152. The topological polar surface area (TPSA) is 46.0 Å². The molecule has 0 spiro atoms. The summed E-state index contributed by atoms with van der Waals surface area (Å²) < 4.78 is 2.05. The van der Waals surface area contributed by atoms with Crippen molar-refractivity contribution in [2.75, 3.05) is 19.6 Å². The van der Waals surface area contributed by atoms with Crippen LogP contribution >= 0.6 is 0 Å². The average Bonchev–Trinajstić information content (AvgIpc) is 3.10. The van der Waals surface area contributed by atoms with Crippen LogP contribution in [0.2, 0.25) is 0 Å². The van der Waals surface area contributed by atoms with Crippen LogP contribution in [0.1, 0.15) is 51.4 Å². The van der Waals surface area contributed by atoms with Gasteiger partial charge in [-0.15, -0.1) is 0 Å². The Morgan fingerprint density at radius 1 is 1.30 bits per heavy atom. The molecule has 1 aromatic heterocycles. The van der Waals surface area contributed by atoms with E-state index >= 15 is 0 Å². The van der Waals surface area contributed by atoms with E-state index in [0.29, 0.717) is 6.04 Å².